The van der Waals surface area contributed by atoms with Crippen molar-refractivity contribution in [3.8, 4) is 0 Å². The topological polar surface area (TPSA) is 50.3 Å². The van der Waals surface area contributed by atoms with Gasteiger partial charge in [-0.1, -0.05) is 6.92 Å². The first-order valence-corrected chi connectivity index (χ1v) is 6.74. The number of rotatable bonds is 5. The van der Waals surface area contributed by atoms with Crippen LogP contribution in [-0.2, 0) is 11.3 Å². The molecule has 1 N–H and O–H groups in total. The van der Waals surface area contributed by atoms with Crippen molar-refractivity contribution in [3.05, 3.63) is 18.0 Å². The second-order valence-electron chi connectivity index (χ2n) is 4.52. The summed E-state index contributed by atoms with van der Waals surface area (Å²) < 4.78 is 5.43. The summed E-state index contributed by atoms with van der Waals surface area (Å²) in [5, 5.41) is 3.35. The van der Waals surface area contributed by atoms with E-state index in [1.807, 2.05) is 12.4 Å². The Kier molecular flexibility index (Phi) is 5.36. The number of anilines is 1. The van der Waals surface area contributed by atoms with E-state index in [1.165, 1.54) is 0 Å². The number of hydrogen-bond donors (Lipinski definition) is 1. The number of aromatic nitrogens is 2. The lowest BCUT2D eigenvalue weighted by Crippen LogP contribution is -2.27. The van der Waals surface area contributed by atoms with E-state index in [2.05, 4.69) is 27.1 Å². The van der Waals surface area contributed by atoms with E-state index in [1.54, 1.807) is 0 Å². The van der Waals surface area contributed by atoms with E-state index in [0.29, 0.717) is 0 Å². The van der Waals surface area contributed by atoms with Crippen LogP contribution in [0.25, 0.3) is 0 Å². The highest BCUT2D eigenvalue weighted by Gasteiger charge is 2.11. The first-order chi connectivity index (χ1) is 8.90. The van der Waals surface area contributed by atoms with Gasteiger partial charge in [-0.05, 0) is 19.4 Å². The maximum atomic E-state index is 5.43. The van der Waals surface area contributed by atoms with Crippen LogP contribution in [0.5, 0.6) is 0 Å². The summed E-state index contributed by atoms with van der Waals surface area (Å²) in [5.74, 6) is 0.819. The van der Waals surface area contributed by atoms with Gasteiger partial charge in [0.15, 0.2) is 0 Å². The lowest BCUT2D eigenvalue weighted by Gasteiger charge is -2.19. The predicted octanol–water partition coefficient (Wildman–Crippen LogP) is 1.20. The van der Waals surface area contributed by atoms with Gasteiger partial charge in [0.25, 0.3) is 0 Å². The first kappa shape index (κ1) is 13.2. The van der Waals surface area contributed by atoms with Crippen molar-refractivity contribution < 1.29 is 4.74 Å². The maximum absolute atomic E-state index is 5.43. The second-order valence-corrected chi connectivity index (χ2v) is 4.52. The standard InChI is InChI=1S/C13H22N4O/c1-2-4-14-9-12-10-15-13(16-11-12)17-5-3-7-18-8-6-17/h10-11,14H,2-9H2,1H3. The molecule has 1 aromatic heterocycles. The Labute approximate surface area is 109 Å². The molecule has 0 bridgehead atoms. The highest BCUT2D eigenvalue weighted by Crippen LogP contribution is 2.09. The van der Waals surface area contributed by atoms with Crippen molar-refractivity contribution in [1.82, 2.24) is 15.3 Å². The zero-order chi connectivity index (χ0) is 12.6. The zero-order valence-corrected chi connectivity index (χ0v) is 11.1. The molecule has 1 fully saturated rings. The molecule has 0 amide bonds. The fourth-order valence-corrected chi connectivity index (χ4v) is 1.96. The van der Waals surface area contributed by atoms with E-state index in [9.17, 15) is 0 Å². The molecule has 1 saturated heterocycles. The molecule has 1 aliphatic rings. The summed E-state index contributed by atoms with van der Waals surface area (Å²) in [5.41, 5.74) is 1.14. The van der Waals surface area contributed by atoms with Crippen molar-refractivity contribution >= 4 is 5.95 Å². The molecule has 5 heteroatoms. The summed E-state index contributed by atoms with van der Waals surface area (Å²) in [7, 11) is 0. The molecule has 2 rings (SSSR count). The molecule has 0 unspecified atom stereocenters. The Morgan fingerprint density at radius 2 is 2.11 bits per heavy atom. The number of ether oxygens (including phenoxy) is 1. The van der Waals surface area contributed by atoms with Crippen molar-refractivity contribution in [1.29, 1.82) is 0 Å². The molecule has 0 atom stereocenters. The Morgan fingerprint density at radius 1 is 1.28 bits per heavy atom. The van der Waals surface area contributed by atoms with Crippen LogP contribution in [0.15, 0.2) is 12.4 Å². The Hall–Kier alpha value is -1.20. The number of nitrogens with zero attached hydrogens (tertiary/aromatic N) is 3. The van der Waals surface area contributed by atoms with E-state index >= 15 is 0 Å². The van der Waals surface area contributed by atoms with Gasteiger partial charge in [0, 0.05) is 44.2 Å². The molecule has 18 heavy (non-hydrogen) atoms. The van der Waals surface area contributed by atoms with Crippen LogP contribution in [0.3, 0.4) is 0 Å². The highest BCUT2D eigenvalue weighted by molar-refractivity contribution is 5.29. The SMILES string of the molecule is CCCNCc1cnc(N2CCCOCC2)nc1. The van der Waals surface area contributed by atoms with Crippen molar-refractivity contribution in [3.63, 3.8) is 0 Å². The third-order valence-corrected chi connectivity index (χ3v) is 2.95. The van der Waals surface area contributed by atoms with Gasteiger partial charge in [0.1, 0.15) is 0 Å². The molecule has 2 heterocycles. The van der Waals surface area contributed by atoms with Crippen LogP contribution < -0.4 is 10.2 Å². The van der Waals surface area contributed by atoms with Gasteiger partial charge in [-0.25, -0.2) is 9.97 Å². The summed E-state index contributed by atoms with van der Waals surface area (Å²) >= 11 is 0. The summed E-state index contributed by atoms with van der Waals surface area (Å²) in [6, 6.07) is 0. The Balaban J connectivity index is 1.89. The van der Waals surface area contributed by atoms with Crippen LogP contribution >= 0.6 is 0 Å². The van der Waals surface area contributed by atoms with E-state index in [0.717, 1.165) is 63.7 Å². The third-order valence-electron chi connectivity index (χ3n) is 2.95. The van der Waals surface area contributed by atoms with E-state index < -0.39 is 0 Å². The van der Waals surface area contributed by atoms with Crippen LogP contribution in [0.2, 0.25) is 0 Å². The monoisotopic (exact) mass is 250 g/mol. The fraction of sp³-hybridized carbons (Fsp3) is 0.692. The molecule has 5 nitrogen and oxygen atoms in total. The van der Waals surface area contributed by atoms with Crippen LogP contribution in [0, 0.1) is 0 Å². The minimum absolute atomic E-state index is 0.767. The van der Waals surface area contributed by atoms with E-state index in [-0.39, 0.29) is 0 Å². The molecule has 1 aliphatic heterocycles. The molecule has 0 radical (unpaired) electrons. The van der Waals surface area contributed by atoms with Crippen molar-refractivity contribution in [2.75, 3.05) is 37.7 Å². The molecule has 0 aromatic carbocycles. The lowest BCUT2D eigenvalue weighted by molar-refractivity contribution is 0.152. The van der Waals surface area contributed by atoms with Crippen molar-refractivity contribution in [2.45, 2.75) is 26.3 Å². The third kappa shape index (κ3) is 3.92. The first-order valence-electron chi connectivity index (χ1n) is 6.74. The summed E-state index contributed by atoms with van der Waals surface area (Å²) in [6.45, 7) is 7.51. The average molecular weight is 250 g/mol. The summed E-state index contributed by atoms with van der Waals surface area (Å²) in [4.78, 5) is 11.1. The highest BCUT2D eigenvalue weighted by atomic mass is 16.5. The molecule has 0 spiro atoms. The van der Waals surface area contributed by atoms with Crippen molar-refractivity contribution in [2.24, 2.45) is 0 Å². The number of nitrogens with one attached hydrogen (secondary N) is 1. The minimum Gasteiger partial charge on any atom is -0.380 e. The minimum atomic E-state index is 0.767. The van der Waals surface area contributed by atoms with Gasteiger partial charge in [-0.3, -0.25) is 0 Å². The van der Waals surface area contributed by atoms with Gasteiger partial charge < -0.3 is 15.0 Å². The largest absolute Gasteiger partial charge is 0.380 e. The lowest BCUT2D eigenvalue weighted by atomic mass is 10.3. The fourth-order valence-electron chi connectivity index (χ4n) is 1.96. The smallest absolute Gasteiger partial charge is 0.225 e. The molecule has 100 valence electrons. The van der Waals surface area contributed by atoms with Gasteiger partial charge in [0.05, 0.1) is 6.61 Å². The number of hydrogen-bond acceptors (Lipinski definition) is 5. The van der Waals surface area contributed by atoms with Gasteiger partial charge >= 0.3 is 0 Å². The van der Waals surface area contributed by atoms with Crippen LogP contribution in [0.1, 0.15) is 25.3 Å². The van der Waals surface area contributed by atoms with Crippen LogP contribution in [0.4, 0.5) is 5.95 Å². The van der Waals surface area contributed by atoms with Gasteiger partial charge in [0.2, 0.25) is 5.95 Å². The van der Waals surface area contributed by atoms with E-state index in [4.69, 9.17) is 4.74 Å². The molecular weight excluding hydrogens is 228 g/mol. The average Bonchev–Trinajstić information content (AvgIpc) is 2.69. The maximum Gasteiger partial charge on any atom is 0.225 e. The van der Waals surface area contributed by atoms with Crippen LogP contribution in [-0.4, -0.2) is 42.8 Å². The quantitative estimate of drug-likeness (QED) is 0.796. The molecule has 0 aliphatic carbocycles. The normalized spacial score (nSPS) is 16.6. The molecule has 0 saturated carbocycles. The predicted molar refractivity (Wildman–Crippen MR) is 71.7 cm³/mol. The Morgan fingerprint density at radius 3 is 2.89 bits per heavy atom. The summed E-state index contributed by atoms with van der Waals surface area (Å²) in [6.07, 6.45) is 6.02. The molecule has 1 aromatic rings. The molecular formula is C13H22N4O. The Bertz CT molecular complexity index is 333. The van der Waals surface area contributed by atoms with Gasteiger partial charge in [-0.2, -0.15) is 0 Å². The van der Waals surface area contributed by atoms with Gasteiger partial charge in [-0.15, -0.1) is 0 Å². The zero-order valence-electron chi connectivity index (χ0n) is 11.1. The second kappa shape index (κ2) is 7.28.